The Kier molecular flexibility index (Phi) is 11.3. The third-order valence-electron chi connectivity index (χ3n) is 7.93. The average molecular weight is 601 g/mol. The maximum absolute atomic E-state index is 14.4. The number of piperidine rings is 1. The number of morpholine rings is 1. The Morgan fingerprint density at radius 2 is 1.79 bits per heavy atom. The minimum Gasteiger partial charge on any atom is -0.497 e. The molecule has 2 saturated heterocycles. The van der Waals surface area contributed by atoms with Crippen LogP contribution in [0.1, 0.15) is 49.3 Å². The van der Waals surface area contributed by atoms with E-state index in [9.17, 15) is 19.5 Å². The summed E-state index contributed by atoms with van der Waals surface area (Å²) in [5.41, 5.74) is 1.65. The van der Waals surface area contributed by atoms with Gasteiger partial charge in [-0.2, -0.15) is 0 Å². The fourth-order valence-corrected chi connectivity index (χ4v) is 5.76. The molecular formula is C30H44N6O7. The summed E-state index contributed by atoms with van der Waals surface area (Å²) in [5.74, 6) is -0.171. The van der Waals surface area contributed by atoms with E-state index in [1.807, 2.05) is 38.1 Å². The molecule has 43 heavy (non-hydrogen) atoms. The first-order valence-corrected chi connectivity index (χ1v) is 15.0. The van der Waals surface area contributed by atoms with Crippen LogP contribution in [0.15, 0.2) is 24.3 Å². The monoisotopic (exact) mass is 600 g/mol. The summed E-state index contributed by atoms with van der Waals surface area (Å²) in [7, 11) is 3.26. The van der Waals surface area contributed by atoms with Gasteiger partial charge in [-0.3, -0.25) is 9.59 Å². The maximum atomic E-state index is 14.4. The molecule has 3 amide bonds. The lowest BCUT2D eigenvalue weighted by atomic mass is 9.91. The zero-order valence-corrected chi connectivity index (χ0v) is 25.6. The van der Waals surface area contributed by atoms with Crippen molar-refractivity contribution in [1.82, 2.24) is 29.7 Å². The second-order valence-electron chi connectivity index (χ2n) is 11.5. The molecule has 236 valence electrons. The fourth-order valence-electron chi connectivity index (χ4n) is 5.76. The number of benzene rings is 1. The molecule has 0 aliphatic carbocycles. The number of ether oxygens (including phenoxy) is 3. The van der Waals surface area contributed by atoms with E-state index < -0.39 is 18.1 Å². The van der Waals surface area contributed by atoms with E-state index in [0.29, 0.717) is 63.7 Å². The Morgan fingerprint density at radius 1 is 1.07 bits per heavy atom. The van der Waals surface area contributed by atoms with Crippen LogP contribution in [0, 0.1) is 11.8 Å². The SMILES string of the molecule is COCCCCc1c(C(=O)N(CC(C)C)[C@H]2C[C@@H](C(=O)N3CCOCC3)CN(C(=O)O)C2)nnn1-c1ccc(OC)cc1. The zero-order chi connectivity index (χ0) is 30.9. The number of methoxy groups -OCH3 is 2. The maximum Gasteiger partial charge on any atom is 0.407 e. The summed E-state index contributed by atoms with van der Waals surface area (Å²) in [4.78, 5) is 44.8. The second-order valence-corrected chi connectivity index (χ2v) is 11.5. The summed E-state index contributed by atoms with van der Waals surface area (Å²) in [6, 6.07) is 6.88. The minimum atomic E-state index is -1.11. The highest BCUT2D eigenvalue weighted by atomic mass is 16.5. The Labute approximate surface area is 252 Å². The number of carbonyl (C=O) groups is 3. The van der Waals surface area contributed by atoms with E-state index in [4.69, 9.17) is 14.2 Å². The molecule has 2 aromatic rings. The van der Waals surface area contributed by atoms with Gasteiger partial charge < -0.3 is 34.0 Å². The lowest BCUT2D eigenvalue weighted by Crippen LogP contribution is -2.58. The molecule has 3 heterocycles. The van der Waals surface area contributed by atoms with Crippen molar-refractivity contribution in [3.8, 4) is 11.4 Å². The van der Waals surface area contributed by atoms with Crippen LogP contribution in [0.4, 0.5) is 4.79 Å². The predicted octanol–water partition coefficient (Wildman–Crippen LogP) is 2.57. The minimum absolute atomic E-state index is 0.0966. The van der Waals surface area contributed by atoms with Crippen LogP contribution < -0.4 is 4.74 Å². The lowest BCUT2D eigenvalue weighted by Gasteiger charge is -2.43. The van der Waals surface area contributed by atoms with E-state index in [1.54, 1.807) is 28.7 Å². The molecule has 0 radical (unpaired) electrons. The van der Waals surface area contributed by atoms with Gasteiger partial charge in [0, 0.05) is 46.4 Å². The Balaban J connectivity index is 1.66. The number of amides is 3. The second kappa shape index (κ2) is 15.1. The molecular weight excluding hydrogens is 556 g/mol. The molecule has 13 nitrogen and oxygen atoms in total. The van der Waals surface area contributed by atoms with Crippen LogP contribution >= 0.6 is 0 Å². The summed E-state index contributed by atoms with van der Waals surface area (Å²) in [6.45, 7) is 7.08. The smallest absolute Gasteiger partial charge is 0.407 e. The summed E-state index contributed by atoms with van der Waals surface area (Å²) in [6.07, 6.45) is 1.37. The van der Waals surface area contributed by atoms with Gasteiger partial charge >= 0.3 is 6.09 Å². The van der Waals surface area contributed by atoms with Crippen LogP contribution in [0.25, 0.3) is 5.69 Å². The van der Waals surface area contributed by atoms with E-state index in [2.05, 4.69) is 10.3 Å². The van der Waals surface area contributed by atoms with Gasteiger partial charge in [0.15, 0.2) is 5.69 Å². The first-order valence-electron chi connectivity index (χ1n) is 15.0. The standard InChI is InChI=1S/C30H44N6O7/c1-21(2)18-35(24-17-22(19-34(20-24)30(39)40)28(37)33-12-15-43-16-13-33)29(38)27-26(7-5-6-14-41-3)36(32-31-27)23-8-10-25(42-4)11-9-23/h8-11,21-22,24H,5-7,12-20H2,1-4H3,(H,39,40)/t22-,24+/m1/s1. The molecule has 2 atom stereocenters. The van der Waals surface area contributed by atoms with E-state index in [-0.39, 0.29) is 36.5 Å². The Hall–Kier alpha value is -3.71. The molecule has 2 aliphatic rings. The molecule has 2 aliphatic heterocycles. The van der Waals surface area contributed by atoms with Crippen LogP contribution in [0.2, 0.25) is 0 Å². The third kappa shape index (κ3) is 8.02. The Bertz CT molecular complexity index is 1230. The number of unbranched alkanes of at least 4 members (excludes halogenated alkanes) is 1. The van der Waals surface area contributed by atoms with Crippen molar-refractivity contribution in [2.75, 3.05) is 66.8 Å². The number of aromatic nitrogens is 3. The van der Waals surface area contributed by atoms with Gasteiger partial charge in [0.25, 0.3) is 5.91 Å². The molecule has 1 N–H and O–H groups in total. The van der Waals surface area contributed by atoms with Crippen molar-refractivity contribution in [3.63, 3.8) is 0 Å². The third-order valence-corrected chi connectivity index (χ3v) is 7.93. The highest BCUT2D eigenvalue weighted by Gasteiger charge is 2.41. The molecule has 0 bridgehead atoms. The van der Waals surface area contributed by atoms with Gasteiger partial charge in [-0.05, 0) is 55.9 Å². The number of hydrogen-bond acceptors (Lipinski definition) is 8. The zero-order valence-electron chi connectivity index (χ0n) is 25.6. The van der Waals surface area contributed by atoms with Crippen molar-refractivity contribution in [1.29, 1.82) is 0 Å². The number of nitrogens with zero attached hydrogens (tertiary/aromatic N) is 6. The molecule has 13 heteroatoms. The number of carbonyl (C=O) groups excluding carboxylic acids is 2. The van der Waals surface area contributed by atoms with Gasteiger partial charge in [0.2, 0.25) is 5.91 Å². The normalized spacial score (nSPS) is 19.0. The van der Waals surface area contributed by atoms with Crippen LogP contribution in [0.5, 0.6) is 5.75 Å². The summed E-state index contributed by atoms with van der Waals surface area (Å²) >= 11 is 0. The summed E-state index contributed by atoms with van der Waals surface area (Å²) < 4.78 is 17.6. The lowest BCUT2D eigenvalue weighted by molar-refractivity contribution is -0.142. The van der Waals surface area contributed by atoms with Crippen LogP contribution in [-0.2, 0) is 20.7 Å². The van der Waals surface area contributed by atoms with Crippen molar-refractivity contribution in [2.24, 2.45) is 11.8 Å². The molecule has 0 spiro atoms. The molecule has 1 aromatic heterocycles. The first-order chi connectivity index (χ1) is 20.7. The van der Waals surface area contributed by atoms with Gasteiger partial charge in [0.05, 0.1) is 43.7 Å². The number of likely N-dealkylation sites (tertiary alicyclic amines) is 1. The quantitative estimate of drug-likeness (QED) is 0.364. The van der Waals surface area contributed by atoms with Crippen LogP contribution in [-0.4, -0.2) is 126 Å². The fraction of sp³-hybridized carbons (Fsp3) is 0.633. The first kappa shape index (κ1) is 32.2. The van der Waals surface area contributed by atoms with Crippen LogP contribution in [0.3, 0.4) is 0 Å². The summed E-state index contributed by atoms with van der Waals surface area (Å²) in [5, 5.41) is 18.7. The van der Waals surface area contributed by atoms with Gasteiger partial charge in [0.1, 0.15) is 5.75 Å². The van der Waals surface area contributed by atoms with Gasteiger partial charge in [-0.25, -0.2) is 9.48 Å². The largest absolute Gasteiger partial charge is 0.497 e. The molecule has 1 aromatic carbocycles. The van der Waals surface area contributed by atoms with E-state index in [1.165, 1.54) is 4.90 Å². The molecule has 0 saturated carbocycles. The molecule has 0 unspecified atom stereocenters. The molecule has 2 fully saturated rings. The Morgan fingerprint density at radius 3 is 2.42 bits per heavy atom. The van der Waals surface area contributed by atoms with Crippen molar-refractivity contribution in [2.45, 2.75) is 45.6 Å². The van der Waals surface area contributed by atoms with E-state index >= 15 is 0 Å². The highest BCUT2D eigenvalue weighted by Crippen LogP contribution is 2.27. The highest BCUT2D eigenvalue weighted by molar-refractivity contribution is 5.94. The predicted molar refractivity (Wildman–Crippen MR) is 157 cm³/mol. The average Bonchev–Trinajstić information content (AvgIpc) is 3.45. The van der Waals surface area contributed by atoms with Gasteiger partial charge in [-0.1, -0.05) is 19.1 Å². The molecule has 4 rings (SSSR count). The van der Waals surface area contributed by atoms with Crippen molar-refractivity contribution < 1.29 is 33.7 Å². The topological polar surface area (TPSA) is 140 Å². The number of hydrogen-bond donors (Lipinski definition) is 1. The number of rotatable bonds is 12. The van der Waals surface area contributed by atoms with Crippen molar-refractivity contribution in [3.05, 3.63) is 35.7 Å². The van der Waals surface area contributed by atoms with Crippen molar-refractivity contribution >= 4 is 17.9 Å². The van der Waals surface area contributed by atoms with Gasteiger partial charge in [-0.15, -0.1) is 5.10 Å². The number of carboxylic acid groups (broad SMARTS) is 1. The van der Waals surface area contributed by atoms with E-state index in [0.717, 1.165) is 18.5 Å².